The molecule has 3 aliphatic heterocycles. The van der Waals surface area contributed by atoms with Crippen LogP contribution in [0.3, 0.4) is 0 Å². The minimum Gasteiger partial charge on any atom is -0.356 e. The minimum atomic E-state index is 0.421. The Morgan fingerprint density at radius 2 is 1.65 bits per heavy atom. The van der Waals surface area contributed by atoms with E-state index in [1.807, 2.05) is 18.5 Å². The highest BCUT2D eigenvalue weighted by Gasteiger charge is 2.40. The monoisotopic (exact) mass is 503 g/mol. The van der Waals surface area contributed by atoms with E-state index in [4.69, 9.17) is 9.98 Å². The lowest BCUT2D eigenvalue weighted by molar-refractivity contribution is 0.158. The first kappa shape index (κ1) is 22.5. The van der Waals surface area contributed by atoms with Gasteiger partial charge in [0.05, 0.1) is 10.4 Å². The number of benzene rings is 2. The van der Waals surface area contributed by atoms with Crippen LogP contribution in [0, 0.1) is 5.41 Å². The number of hydrogen-bond acceptors (Lipinski definition) is 6. The molecule has 1 aliphatic carbocycles. The molecule has 4 heterocycles. The van der Waals surface area contributed by atoms with E-state index in [-0.39, 0.29) is 0 Å². The van der Waals surface area contributed by atoms with Crippen molar-refractivity contribution in [2.75, 3.05) is 20.1 Å². The second-order valence-corrected chi connectivity index (χ2v) is 11.5. The number of pyridine rings is 1. The third kappa shape index (κ3) is 4.09. The molecule has 0 N–H and O–H groups in total. The number of likely N-dealkylation sites (tertiary alicyclic amines) is 1. The van der Waals surface area contributed by atoms with Gasteiger partial charge in [-0.05, 0) is 72.6 Å². The Balaban J connectivity index is 1.11. The van der Waals surface area contributed by atoms with Crippen molar-refractivity contribution < 1.29 is 0 Å². The summed E-state index contributed by atoms with van der Waals surface area (Å²) in [5.74, 6) is 2.86. The van der Waals surface area contributed by atoms with Crippen LogP contribution in [-0.2, 0) is 12.8 Å². The summed E-state index contributed by atoms with van der Waals surface area (Å²) in [6.45, 7) is 2.08. The highest BCUT2D eigenvalue weighted by molar-refractivity contribution is 8.04. The normalized spacial score (nSPS) is 23.8. The van der Waals surface area contributed by atoms with E-state index in [1.54, 1.807) is 22.9 Å². The lowest BCUT2D eigenvalue weighted by atomic mass is 9.76. The van der Waals surface area contributed by atoms with Gasteiger partial charge in [0.2, 0.25) is 0 Å². The molecular weight excluding hydrogens is 474 g/mol. The Labute approximate surface area is 222 Å². The van der Waals surface area contributed by atoms with Crippen LogP contribution in [0.2, 0.25) is 0 Å². The van der Waals surface area contributed by atoms with Gasteiger partial charge in [0, 0.05) is 42.8 Å². The first-order valence-electron chi connectivity index (χ1n) is 13.0. The molecule has 2 bridgehead atoms. The van der Waals surface area contributed by atoms with Crippen LogP contribution in [0.1, 0.15) is 24.0 Å². The fourth-order valence-electron chi connectivity index (χ4n) is 6.07. The van der Waals surface area contributed by atoms with Crippen LogP contribution in [0.25, 0.3) is 10.9 Å². The van der Waals surface area contributed by atoms with Gasteiger partial charge in [-0.1, -0.05) is 54.2 Å². The zero-order chi connectivity index (χ0) is 24.8. The molecule has 5 nitrogen and oxygen atoms in total. The number of fused-ring (bicyclic) bond motifs is 4. The molecule has 1 spiro atoms. The van der Waals surface area contributed by atoms with Crippen molar-refractivity contribution >= 4 is 34.3 Å². The smallest absolute Gasteiger partial charge is 0.147 e. The number of rotatable bonds is 2. The van der Waals surface area contributed by atoms with E-state index in [1.165, 1.54) is 30.6 Å². The van der Waals surface area contributed by atoms with E-state index < -0.39 is 0 Å². The number of aliphatic imine (C=N–C) groups is 2. The number of piperidine rings is 1. The summed E-state index contributed by atoms with van der Waals surface area (Å²) in [6.07, 6.45) is 15.0. The standard InChI is InChI=1S/C31H29N5S/c1-35-28-11-10-27(37-26-12-16-32-25-9-5-4-8-24(25)26)30(35)33-17-13-29(34-28)36-18-14-31(15-19-36)20-22-6-2-3-7-23(22)21-31/h2-13,16-17H,14-15,18-21H2,1H3/b17-13+,29-13?,33-17?,33-30-,34-28?,34-29+. The Hall–Kier alpha value is -3.64. The lowest BCUT2D eigenvalue weighted by Crippen LogP contribution is -2.43. The van der Waals surface area contributed by atoms with Crippen LogP contribution < -0.4 is 0 Å². The van der Waals surface area contributed by atoms with E-state index >= 15 is 0 Å². The molecule has 2 aromatic carbocycles. The summed E-state index contributed by atoms with van der Waals surface area (Å²) in [5.41, 5.74) is 4.53. The van der Waals surface area contributed by atoms with Crippen molar-refractivity contribution in [2.24, 2.45) is 15.4 Å². The highest BCUT2D eigenvalue weighted by atomic mass is 32.2. The molecule has 6 heteroatoms. The summed E-state index contributed by atoms with van der Waals surface area (Å²) in [5, 5.41) is 1.16. The van der Waals surface area contributed by atoms with Gasteiger partial charge in [-0.15, -0.1) is 0 Å². The number of aromatic nitrogens is 1. The molecule has 1 saturated heterocycles. The Morgan fingerprint density at radius 1 is 0.892 bits per heavy atom. The molecule has 0 amide bonds. The van der Waals surface area contributed by atoms with Gasteiger partial charge in [-0.3, -0.25) is 4.98 Å². The Kier molecular flexibility index (Phi) is 5.50. The maximum Gasteiger partial charge on any atom is 0.147 e. The molecule has 1 aromatic heterocycles. The van der Waals surface area contributed by atoms with Gasteiger partial charge in [0.25, 0.3) is 0 Å². The molecule has 184 valence electrons. The summed E-state index contributed by atoms with van der Waals surface area (Å²) < 4.78 is 0. The summed E-state index contributed by atoms with van der Waals surface area (Å²) >= 11 is 1.73. The van der Waals surface area contributed by atoms with Crippen LogP contribution >= 0.6 is 11.8 Å². The number of nitrogens with zero attached hydrogens (tertiary/aromatic N) is 5. The predicted octanol–water partition coefficient (Wildman–Crippen LogP) is 6.20. The van der Waals surface area contributed by atoms with Gasteiger partial charge in [0.15, 0.2) is 0 Å². The first-order chi connectivity index (χ1) is 18.2. The zero-order valence-corrected chi connectivity index (χ0v) is 21.8. The summed E-state index contributed by atoms with van der Waals surface area (Å²) in [4.78, 5) is 21.3. The first-order valence-corrected chi connectivity index (χ1v) is 13.8. The van der Waals surface area contributed by atoms with E-state index in [0.717, 1.165) is 46.4 Å². The highest BCUT2D eigenvalue weighted by Crippen LogP contribution is 2.44. The fourth-order valence-corrected chi connectivity index (χ4v) is 7.14. The van der Waals surface area contributed by atoms with Gasteiger partial charge in [-0.2, -0.15) is 0 Å². The SMILES string of the molecule is CN1C2=CC=C(Sc3ccnc4ccccc34)/C1=N/C=C/C(N1CCC3(CC1)Cc1ccccc1C3)=N\2. The maximum absolute atomic E-state index is 5.10. The van der Waals surface area contributed by atoms with Gasteiger partial charge < -0.3 is 9.80 Å². The lowest BCUT2D eigenvalue weighted by Gasteiger charge is -2.40. The van der Waals surface area contributed by atoms with Crippen LogP contribution in [-0.4, -0.2) is 46.6 Å². The van der Waals surface area contributed by atoms with Gasteiger partial charge in [-0.25, -0.2) is 9.98 Å². The maximum atomic E-state index is 5.10. The van der Waals surface area contributed by atoms with E-state index in [9.17, 15) is 0 Å². The van der Waals surface area contributed by atoms with E-state index in [2.05, 4.69) is 88.6 Å². The number of allylic oxidation sites excluding steroid dienone is 2. The van der Waals surface area contributed by atoms with Crippen molar-refractivity contribution in [3.63, 3.8) is 0 Å². The van der Waals surface area contributed by atoms with Crippen molar-refractivity contribution in [3.05, 3.63) is 107 Å². The second-order valence-electron chi connectivity index (χ2n) is 10.4. The van der Waals surface area contributed by atoms with E-state index in [0.29, 0.717) is 5.41 Å². The molecule has 37 heavy (non-hydrogen) atoms. The molecule has 0 unspecified atom stereocenters. The van der Waals surface area contributed by atoms with Crippen molar-refractivity contribution in [2.45, 2.75) is 30.6 Å². The molecule has 4 aliphatic rings. The largest absolute Gasteiger partial charge is 0.356 e. The fraction of sp³-hybridized carbons (Fsp3) is 0.258. The molecule has 7 rings (SSSR count). The Bertz CT molecular complexity index is 1510. The number of thioether (sulfide) groups is 1. The quantitative estimate of drug-likeness (QED) is 0.418. The Morgan fingerprint density at radius 3 is 2.46 bits per heavy atom. The zero-order valence-electron chi connectivity index (χ0n) is 21.0. The molecule has 0 saturated carbocycles. The third-order valence-electron chi connectivity index (χ3n) is 8.14. The van der Waals surface area contributed by atoms with Crippen molar-refractivity contribution in [1.82, 2.24) is 14.8 Å². The number of amidine groups is 2. The van der Waals surface area contributed by atoms with Crippen molar-refractivity contribution in [3.8, 4) is 0 Å². The molecule has 0 atom stereocenters. The van der Waals surface area contributed by atoms with Crippen LogP contribution in [0.5, 0.6) is 0 Å². The predicted molar refractivity (Wildman–Crippen MR) is 153 cm³/mol. The average molecular weight is 504 g/mol. The number of hydrogen-bond donors (Lipinski definition) is 0. The topological polar surface area (TPSA) is 44.1 Å². The number of likely N-dealkylation sites (N-methyl/N-ethyl adjacent to an activating group) is 1. The van der Waals surface area contributed by atoms with Crippen LogP contribution in [0.15, 0.2) is 111 Å². The van der Waals surface area contributed by atoms with Crippen LogP contribution in [0.4, 0.5) is 0 Å². The van der Waals surface area contributed by atoms with Crippen molar-refractivity contribution in [1.29, 1.82) is 0 Å². The molecule has 1 fully saturated rings. The van der Waals surface area contributed by atoms with Gasteiger partial charge in [0.1, 0.15) is 17.5 Å². The summed E-state index contributed by atoms with van der Waals surface area (Å²) in [6, 6.07) is 19.3. The summed E-state index contributed by atoms with van der Waals surface area (Å²) in [7, 11) is 2.06. The number of para-hydroxylation sites is 1. The van der Waals surface area contributed by atoms with Gasteiger partial charge >= 0.3 is 0 Å². The minimum absolute atomic E-state index is 0.421. The molecular formula is C31H29N5S. The average Bonchev–Trinajstić information content (AvgIpc) is 3.28. The molecule has 3 aromatic rings. The third-order valence-corrected chi connectivity index (χ3v) is 9.26. The second kappa shape index (κ2) is 9.03. The molecule has 0 radical (unpaired) electrons.